The standard InChI is InChI=1S/C27H32N4O3S/c1-18(26(32)30-16-15-19-9-7-8-12-22(19)30)35-27-29-28-25(31(27)21-10-5-4-6-11-21)20-13-14-23(33-2)24(17-20)34-3/h7-9,12-14,17-18,21H,4-6,10-11,15-16H2,1-3H3. The molecule has 1 atom stereocenters. The van der Waals surface area contributed by atoms with E-state index in [1.807, 2.05) is 48.2 Å². The molecule has 1 unspecified atom stereocenters. The van der Waals surface area contributed by atoms with Crippen molar-refractivity contribution in [1.82, 2.24) is 14.8 Å². The summed E-state index contributed by atoms with van der Waals surface area (Å²) in [6, 6.07) is 14.3. The molecule has 1 aromatic heterocycles. The molecule has 2 aliphatic rings. The van der Waals surface area contributed by atoms with Crippen molar-refractivity contribution in [2.24, 2.45) is 0 Å². The number of hydrogen-bond acceptors (Lipinski definition) is 6. The minimum atomic E-state index is -0.272. The first-order chi connectivity index (χ1) is 17.1. The van der Waals surface area contributed by atoms with Gasteiger partial charge in [0.1, 0.15) is 0 Å². The van der Waals surface area contributed by atoms with Crippen LogP contribution in [0.3, 0.4) is 0 Å². The summed E-state index contributed by atoms with van der Waals surface area (Å²) < 4.78 is 13.2. The molecule has 5 rings (SSSR count). The first-order valence-corrected chi connectivity index (χ1v) is 13.2. The number of ether oxygens (including phenoxy) is 2. The van der Waals surface area contributed by atoms with Crippen LogP contribution >= 0.6 is 11.8 Å². The van der Waals surface area contributed by atoms with Crippen molar-refractivity contribution in [2.75, 3.05) is 25.7 Å². The maximum absolute atomic E-state index is 13.4. The lowest BCUT2D eigenvalue weighted by molar-refractivity contribution is -0.117. The quantitative estimate of drug-likeness (QED) is 0.404. The molecule has 0 spiro atoms. The number of carbonyl (C=O) groups excluding carboxylic acids is 1. The van der Waals surface area contributed by atoms with Crippen molar-refractivity contribution in [3.8, 4) is 22.9 Å². The van der Waals surface area contributed by atoms with Gasteiger partial charge in [0.15, 0.2) is 22.5 Å². The highest BCUT2D eigenvalue weighted by atomic mass is 32.2. The van der Waals surface area contributed by atoms with E-state index in [0.29, 0.717) is 17.5 Å². The number of aromatic nitrogens is 3. The van der Waals surface area contributed by atoms with Gasteiger partial charge in [-0.15, -0.1) is 10.2 Å². The number of para-hydroxylation sites is 1. The number of amides is 1. The minimum absolute atomic E-state index is 0.116. The van der Waals surface area contributed by atoms with E-state index >= 15 is 0 Å². The Bertz CT molecular complexity index is 1200. The molecule has 2 heterocycles. The minimum Gasteiger partial charge on any atom is -0.493 e. The number of anilines is 1. The monoisotopic (exact) mass is 492 g/mol. The second kappa shape index (κ2) is 10.3. The second-order valence-electron chi connectivity index (χ2n) is 9.17. The predicted octanol–water partition coefficient (Wildman–Crippen LogP) is 5.54. The number of carbonyl (C=O) groups is 1. The Labute approximate surface area is 210 Å². The molecule has 1 amide bonds. The highest BCUT2D eigenvalue weighted by Gasteiger charge is 2.31. The van der Waals surface area contributed by atoms with Crippen LogP contribution in [0, 0.1) is 0 Å². The predicted molar refractivity (Wildman–Crippen MR) is 139 cm³/mol. The van der Waals surface area contributed by atoms with Crippen LogP contribution < -0.4 is 14.4 Å². The molecule has 35 heavy (non-hydrogen) atoms. The zero-order valence-corrected chi connectivity index (χ0v) is 21.4. The van der Waals surface area contributed by atoms with E-state index in [1.54, 1.807) is 14.2 Å². The number of hydrogen-bond donors (Lipinski definition) is 0. The molecule has 0 saturated heterocycles. The van der Waals surface area contributed by atoms with Crippen molar-refractivity contribution in [1.29, 1.82) is 0 Å². The molecule has 1 aliphatic carbocycles. The fourth-order valence-electron chi connectivity index (χ4n) is 5.19. The summed E-state index contributed by atoms with van der Waals surface area (Å²) in [5.41, 5.74) is 3.20. The maximum Gasteiger partial charge on any atom is 0.240 e. The van der Waals surface area contributed by atoms with Crippen LogP contribution in [0.25, 0.3) is 11.4 Å². The summed E-state index contributed by atoms with van der Waals surface area (Å²) >= 11 is 1.51. The Morgan fingerprint density at radius 3 is 2.57 bits per heavy atom. The largest absolute Gasteiger partial charge is 0.493 e. The van der Waals surface area contributed by atoms with Crippen LogP contribution in [0.2, 0.25) is 0 Å². The lowest BCUT2D eigenvalue weighted by Crippen LogP contribution is -2.35. The van der Waals surface area contributed by atoms with Gasteiger partial charge >= 0.3 is 0 Å². The Kier molecular flexibility index (Phi) is 7.00. The summed E-state index contributed by atoms with van der Waals surface area (Å²) in [5, 5.41) is 9.73. The smallest absolute Gasteiger partial charge is 0.240 e. The maximum atomic E-state index is 13.4. The summed E-state index contributed by atoms with van der Waals surface area (Å²) in [6.07, 6.45) is 6.73. The van der Waals surface area contributed by atoms with Crippen LogP contribution in [-0.4, -0.2) is 46.7 Å². The first-order valence-electron chi connectivity index (χ1n) is 12.3. The van der Waals surface area contributed by atoms with Gasteiger partial charge < -0.3 is 14.4 Å². The summed E-state index contributed by atoms with van der Waals surface area (Å²) in [6.45, 7) is 2.71. The molecule has 184 valence electrons. The highest BCUT2D eigenvalue weighted by molar-refractivity contribution is 8.00. The normalized spacial score (nSPS) is 16.7. The van der Waals surface area contributed by atoms with Crippen molar-refractivity contribution >= 4 is 23.4 Å². The molecule has 0 bridgehead atoms. The fraction of sp³-hybridized carbons (Fsp3) is 0.444. The Hall–Kier alpha value is -3.00. The van der Waals surface area contributed by atoms with Gasteiger partial charge in [0.25, 0.3) is 0 Å². The number of fused-ring (bicyclic) bond motifs is 1. The molecule has 0 N–H and O–H groups in total. The SMILES string of the molecule is COc1ccc(-c2nnc(SC(C)C(=O)N3CCc4ccccc43)n2C2CCCCC2)cc1OC. The van der Waals surface area contributed by atoms with Crippen LogP contribution in [-0.2, 0) is 11.2 Å². The van der Waals surface area contributed by atoms with Gasteiger partial charge in [-0.25, -0.2) is 0 Å². The molecule has 3 aromatic rings. The van der Waals surface area contributed by atoms with Gasteiger partial charge in [0, 0.05) is 23.8 Å². The van der Waals surface area contributed by atoms with Crippen LogP contribution in [0.1, 0.15) is 50.6 Å². The van der Waals surface area contributed by atoms with E-state index in [9.17, 15) is 4.79 Å². The molecule has 1 fully saturated rings. The van der Waals surface area contributed by atoms with E-state index in [4.69, 9.17) is 9.47 Å². The molecule has 1 saturated carbocycles. The average molecular weight is 493 g/mol. The molecule has 7 nitrogen and oxygen atoms in total. The molecular formula is C27H32N4O3S. The van der Waals surface area contributed by atoms with Gasteiger partial charge in [-0.05, 0) is 56.0 Å². The van der Waals surface area contributed by atoms with Crippen LogP contribution in [0.15, 0.2) is 47.6 Å². The average Bonchev–Trinajstić information content (AvgIpc) is 3.52. The Morgan fingerprint density at radius 1 is 1.03 bits per heavy atom. The number of nitrogens with zero attached hydrogens (tertiary/aromatic N) is 4. The molecule has 2 aromatic carbocycles. The number of methoxy groups -OCH3 is 2. The third-order valence-electron chi connectivity index (χ3n) is 7.03. The van der Waals surface area contributed by atoms with Gasteiger partial charge in [-0.1, -0.05) is 49.2 Å². The molecule has 8 heteroatoms. The van der Waals surface area contributed by atoms with E-state index in [-0.39, 0.29) is 11.2 Å². The number of thioether (sulfide) groups is 1. The van der Waals surface area contributed by atoms with Gasteiger partial charge in [-0.2, -0.15) is 0 Å². The first kappa shape index (κ1) is 23.7. The van der Waals surface area contributed by atoms with E-state index < -0.39 is 0 Å². The van der Waals surface area contributed by atoms with Gasteiger partial charge in [-0.3, -0.25) is 9.36 Å². The zero-order chi connectivity index (χ0) is 24.4. The third-order valence-corrected chi connectivity index (χ3v) is 8.07. The number of benzene rings is 2. The molecule has 0 radical (unpaired) electrons. The van der Waals surface area contributed by atoms with E-state index in [0.717, 1.165) is 48.0 Å². The van der Waals surface area contributed by atoms with Crippen LogP contribution in [0.4, 0.5) is 5.69 Å². The zero-order valence-electron chi connectivity index (χ0n) is 20.6. The van der Waals surface area contributed by atoms with Gasteiger partial charge in [0.05, 0.1) is 19.5 Å². The topological polar surface area (TPSA) is 69.5 Å². The summed E-state index contributed by atoms with van der Waals surface area (Å²) in [4.78, 5) is 15.4. The molecule has 1 aliphatic heterocycles. The van der Waals surface area contributed by atoms with Crippen molar-refractivity contribution in [3.05, 3.63) is 48.0 Å². The Balaban J connectivity index is 1.45. The third kappa shape index (κ3) is 4.63. The summed E-state index contributed by atoms with van der Waals surface area (Å²) in [7, 11) is 3.27. The Morgan fingerprint density at radius 2 is 1.80 bits per heavy atom. The summed E-state index contributed by atoms with van der Waals surface area (Å²) in [5.74, 6) is 2.27. The fourth-order valence-corrected chi connectivity index (χ4v) is 6.17. The van der Waals surface area contributed by atoms with Crippen molar-refractivity contribution in [3.63, 3.8) is 0 Å². The lowest BCUT2D eigenvalue weighted by atomic mass is 9.95. The van der Waals surface area contributed by atoms with Crippen molar-refractivity contribution < 1.29 is 14.3 Å². The van der Waals surface area contributed by atoms with Gasteiger partial charge in [0.2, 0.25) is 5.91 Å². The van der Waals surface area contributed by atoms with Crippen molar-refractivity contribution in [2.45, 2.75) is 61.9 Å². The number of rotatable bonds is 7. The van der Waals surface area contributed by atoms with E-state index in [1.165, 1.54) is 36.6 Å². The van der Waals surface area contributed by atoms with E-state index in [2.05, 4.69) is 20.8 Å². The second-order valence-corrected chi connectivity index (χ2v) is 10.5. The molecular weight excluding hydrogens is 460 g/mol. The highest BCUT2D eigenvalue weighted by Crippen LogP contribution is 2.39. The lowest BCUT2D eigenvalue weighted by Gasteiger charge is -2.27. The van der Waals surface area contributed by atoms with Crippen LogP contribution in [0.5, 0.6) is 11.5 Å².